The Morgan fingerprint density at radius 2 is 2.19 bits per heavy atom. The summed E-state index contributed by atoms with van der Waals surface area (Å²) in [6.45, 7) is 3.23. The van der Waals surface area contributed by atoms with Gasteiger partial charge in [-0.15, -0.1) is 0 Å². The maximum Gasteiger partial charge on any atom is 0.337 e. The first kappa shape index (κ1) is 15.9. The van der Waals surface area contributed by atoms with Gasteiger partial charge in [0.15, 0.2) is 0 Å². The Morgan fingerprint density at radius 1 is 1.43 bits per heavy atom. The van der Waals surface area contributed by atoms with Crippen LogP contribution in [0.4, 0.5) is 0 Å². The number of carbonyl (C=O) groups is 1. The zero-order valence-electron chi connectivity index (χ0n) is 12.2. The Balaban J connectivity index is 2.27. The molecule has 0 radical (unpaired) electrons. The molecule has 0 unspecified atom stereocenters. The highest BCUT2D eigenvalue weighted by molar-refractivity contribution is 7.89. The van der Waals surface area contributed by atoms with Crippen LogP contribution in [0.3, 0.4) is 0 Å². The molecule has 1 heterocycles. The minimum atomic E-state index is -3.65. The molecule has 1 aliphatic heterocycles. The van der Waals surface area contributed by atoms with Gasteiger partial charge in [0.05, 0.1) is 17.6 Å². The van der Waals surface area contributed by atoms with Crippen molar-refractivity contribution in [2.24, 2.45) is 0 Å². The van der Waals surface area contributed by atoms with Crippen molar-refractivity contribution in [1.82, 2.24) is 10.0 Å². The molecular weight excluding hydrogens is 292 g/mol. The van der Waals surface area contributed by atoms with E-state index in [0.29, 0.717) is 12.1 Å². The van der Waals surface area contributed by atoms with Crippen molar-refractivity contribution in [2.75, 3.05) is 20.2 Å². The van der Waals surface area contributed by atoms with Crippen molar-refractivity contribution < 1.29 is 17.9 Å². The summed E-state index contributed by atoms with van der Waals surface area (Å²) >= 11 is 0. The summed E-state index contributed by atoms with van der Waals surface area (Å²) in [4.78, 5) is 11.7. The second-order valence-electron chi connectivity index (χ2n) is 5.14. The fourth-order valence-corrected chi connectivity index (χ4v) is 3.91. The van der Waals surface area contributed by atoms with E-state index in [9.17, 15) is 13.2 Å². The number of esters is 1. The molecule has 2 rings (SSSR count). The van der Waals surface area contributed by atoms with E-state index in [1.165, 1.54) is 13.2 Å². The normalized spacial score (nSPS) is 19.2. The number of piperidine rings is 1. The van der Waals surface area contributed by atoms with Crippen LogP contribution in [0.5, 0.6) is 0 Å². The summed E-state index contributed by atoms with van der Waals surface area (Å²) in [5.41, 5.74) is 0.823. The Bertz CT molecular complexity index is 622. The smallest absolute Gasteiger partial charge is 0.337 e. The van der Waals surface area contributed by atoms with E-state index < -0.39 is 16.0 Å². The number of aryl methyl sites for hydroxylation is 1. The summed E-state index contributed by atoms with van der Waals surface area (Å²) in [6, 6.07) is 4.41. The van der Waals surface area contributed by atoms with Gasteiger partial charge in [-0.05, 0) is 44.0 Å². The monoisotopic (exact) mass is 312 g/mol. The van der Waals surface area contributed by atoms with E-state index in [1.54, 1.807) is 19.1 Å². The van der Waals surface area contributed by atoms with Crippen molar-refractivity contribution in [3.8, 4) is 0 Å². The lowest BCUT2D eigenvalue weighted by Gasteiger charge is -2.24. The third-order valence-electron chi connectivity index (χ3n) is 3.52. The largest absolute Gasteiger partial charge is 0.465 e. The van der Waals surface area contributed by atoms with E-state index >= 15 is 0 Å². The second kappa shape index (κ2) is 6.55. The van der Waals surface area contributed by atoms with Gasteiger partial charge < -0.3 is 10.1 Å². The van der Waals surface area contributed by atoms with Crippen molar-refractivity contribution in [3.05, 3.63) is 29.3 Å². The summed E-state index contributed by atoms with van der Waals surface area (Å²) in [5, 5.41) is 3.16. The number of carbonyl (C=O) groups excluding carboxylic acids is 1. The molecule has 1 aromatic carbocycles. The van der Waals surface area contributed by atoms with E-state index in [1.807, 2.05) is 0 Å². The summed E-state index contributed by atoms with van der Waals surface area (Å²) in [6.07, 6.45) is 1.75. The minimum absolute atomic E-state index is 0.120. The van der Waals surface area contributed by atoms with Crippen LogP contribution in [0.2, 0.25) is 0 Å². The van der Waals surface area contributed by atoms with E-state index in [0.717, 1.165) is 19.4 Å². The molecule has 21 heavy (non-hydrogen) atoms. The molecule has 1 atom stereocenters. The van der Waals surface area contributed by atoms with Crippen molar-refractivity contribution in [3.63, 3.8) is 0 Å². The molecule has 0 spiro atoms. The van der Waals surface area contributed by atoms with Gasteiger partial charge in [0.2, 0.25) is 10.0 Å². The Morgan fingerprint density at radius 3 is 2.81 bits per heavy atom. The predicted molar refractivity (Wildman–Crippen MR) is 78.7 cm³/mol. The zero-order chi connectivity index (χ0) is 15.5. The Labute approximate surface area is 124 Å². The van der Waals surface area contributed by atoms with Crippen LogP contribution >= 0.6 is 0 Å². The van der Waals surface area contributed by atoms with Crippen molar-refractivity contribution in [2.45, 2.75) is 30.7 Å². The van der Waals surface area contributed by atoms with Crippen LogP contribution in [-0.2, 0) is 14.8 Å². The molecule has 0 saturated carbocycles. The zero-order valence-corrected chi connectivity index (χ0v) is 13.0. The first-order valence-corrected chi connectivity index (χ1v) is 8.34. The molecule has 1 saturated heterocycles. The molecule has 7 heteroatoms. The third kappa shape index (κ3) is 3.81. The summed E-state index contributed by atoms with van der Waals surface area (Å²) < 4.78 is 32.3. The fourth-order valence-electron chi connectivity index (χ4n) is 2.37. The average molecular weight is 312 g/mol. The number of nitrogens with one attached hydrogen (secondary N) is 2. The van der Waals surface area contributed by atoms with Crippen LogP contribution in [0.1, 0.15) is 28.8 Å². The van der Waals surface area contributed by atoms with Crippen LogP contribution < -0.4 is 10.0 Å². The SMILES string of the molecule is COC(=O)c1ccc(C)c(S(=O)(=O)N[C@@H]2CCCNC2)c1. The maximum absolute atomic E-state index is 12.5. The molecule has 0 aromatic heterocycles. The maximum atomic E-state index is 12.5. The molecule has 6 nitrogen and oxygen atoms in total. The second-order valence-corrected chi connectivity index (χ2v) is 6.82. The lowest BCUT2D eigenvalue weighted by molar-refractivity contribution is 0.0600. The highest BCUT2D eigenvalue weighted by Gasteiger charge is 2.24. The Hall–Kier alpha value is -1.44. The number of benzene rings is 1. The molecule has 0 bridgehead atoms. The Kier molecular flexibility index (Phi) is 4.97. The van der Waals surface area contributed by atoms with E-state index in [4.69, 9.17) is 0 Å². The van der Waals surface area contributed by atoms with Crippen LogP contribution in [0.15, 0.2) is 23.1 Å². The van der Waals surface area contributed by atoms with Crippen molar-refractivity contribution in [1.29, 1.82) is 0 Å². The molecule has 1 fully saturated rings. The lowest BCUT2D eigenvalue weighted by Crippen LogP contribution is -2.45. The molecule has 0 amide bonds. The van der Waals surface area contributed by atoms with Crippen LogP contribution in [0, 0.1) is 6.92 Å². The fraction of sp³-hybridized carbons (Fsp3) is 0.500. The van der Waals surface area contributed by atoms with E-state index in [-0.39, 0.29) is 16.5 Å². The number of hydrogen-bond acceptors (Lipinski definition) is 5. The summed E-state index contributed by atoms with van der Waals surface area (Å²) in [5.74, 6) is -0.550. The van der Waals surface area contributed by atoms with Crippen LogP contribution in [-0.4, -0.2) is 40.6 Å². The van der Waals surface area contributed by atoms with Gasteiger partial charge in [0.1, 0.15) is 0 Å². The van der Waals surface area contributed by atoms with Gasteiger partial charge in [-0.3, -0.25) is 0 Å². The molecular formula is C14H20N2O4S. The highest BCUT2D eigenvalue weighted by Crippen LogP contribution is 2.19. The number of sulfonamides is 1. The van der Waals surface area contributed by atoms with Crippen LogP contribution in [0.25, 0.3) is 0 Å². The van der Waals surface area contributed by atoms with Gasteiger partial charge in [0.25, 0.3) is 0 Å². The highest BCUT2D eigenvalue weighted by atomic mass is 32.2. The van der Waals surface area contributed by atoms with Gasteiger partial charge in [-0.25, -0.2) is 17.9 Å². The van der Waals surface area contributed by atoms with Gasteiger partial charge in [-0.1, -0.05) is 6.07 Å². The van der Waals surface area contributed by atoms with Gasteiger partial charge in [-0.2, -0.15) is 0 Å². The lowest BCUT2D eigenvalue weighted by atomic mass is 10.1. The topological polar surface area (TPSA) is 84.5 Å². The van der Waals surface area contributed by atoms with Gasteiger partial charge >= 0.3 is 5.97 Å². The van der Waals surface area contributed by atoms with Gasteiger partial charge in [0, 0.05) is 12.6 Å². The molecule has 116 valence electrons. The average Bonchev–Trinajstić information content (AvgIpc) is 2.47. The number of hydrogen-bond donors (Lipinski definition) is 2. The first-order valence-electron chi connectivity index (χ1n) is 6.86. The quantitative estimate of drug-likeness (QED) is 0.804. The number of ether oxygens (including phenoxy) is 1. The van der Waals surface area contributed by atoms with Crippen molar-refractivity contribution >= 4 is 16.0 Å². The first-order chi connectivity index (χ1) is 9.94. The molecule has 0 aliphatic carbocycles. The minimum Gasteiger partial charge on any atom is -0.465 e. The molecule has 2 N–H and O–H groups in total. The number of rotatable bonds is 4. The van der Waals surface area contributed by atoms with E-state index in [2.05, 4.69) is 14.8 Å². The molecule has 1 aromatic rings. The molecule has 1 aliphatic rings. The third-order valence-corrected chi connectivity index (χ3v) is 5.18. The predicted octanol–water partition coefficient (Wildman–Crippen LogP) is 0.812. The standard InChI is InChI=1S/C14H20N2O4S/c1-10-5-6-11(14(17)20-2)8-13(10)21(18,19)16-12-4-3-7-15-9-12/h5-6,8,12,15-16H,3-4,7,9H2,1-2H3/t12-/m1/s1. The number of methoxy groups -OCH3 is 1. The summed E-state index contributed by atoms with van der Waals surface area (Å²) in [7, 11) is -2.39.